The zero-order valence-corrected chi connectivity index (χ0v) is 13.3. The van der Waals surface area contributed by atoms with E-state index in [9.17, 15) is 9.18 Å². The number of furan rings is 1. The van der Waals surface area contributed by atoms with E-state index < -0.39 is 0 Å². The number of nitrogens with zero attached hydrogens (tertiary/aromatic N) is 1. The molecule has 4 nitrogen and oxygen atoms in total. The fourth-order valence-corrected chi connectivity index (χ4v) is 3.05. The van der Waals surface area contributed by atoms with Gasteiger partial charge in [-0.15, -0.1) is 11.3 Å². The highest BCUT2D eigenvalue weighted by atomic mass is 32.1. The molecule has 0 saturated carbocycles. The van der Waals surface area contributed by atoms with E-state index in [0.717, 1.165) is 21.9 Å². The number of carbonyl (C=O) groups is 1. The maximum absolute atomic E-state index is 13.0. The molecule has 0 radical (unpaired) electrons. The summed E-state index contributed by atoms with van der Waals surface area (Å²) in [5.74, 6) is 0.386. The summed E-state index contributed by atoms with van der Waals surface area (Å²) < 4.78 is 18.2. The molecule has 1 aromatic carbocycles. The quantitative estimate of drug-likeness (QED) is 0.753. The Balaban J connectivity index is 1.66. The first-order valence-corrected chi connectivity index (χ1v) is 7.99. The molecule has 3 rings (SSSR count). The number of aromatic nitrogens is 1. The molecule has 1 N–H and O–H groups in total. The first-order valence-electron chi connectivity index (χ1n) is 7.17. The van der Waals surface area contributed by atoms with Gasteiger partial charge in [0.05, 0.1) is 12.0 Å². The Hall–Kier alpha value is -2.47. The van der Waals surface area contributed by atoms with Crippen LogP contribution >= 0.6 is 11.3 Å². The van der Waals surface area contributed by atoms with Crippen LogP contribution in [0.2, 0.25) is 0 Å². The first kappa shape index (κ1) is 15.4. The topological polar surface area (TPSA) is 55.1 Å². The monoisotopic (exact) mass is 330 g/mol. The molecule has 0 aliphatic heterocycles. The molecule has 2 heterocycles. The van der Waals surface area contributed by atoms with E-state index in [1.807, 2.05) is 13.0 Å². The van der Waals surface area contributed by atoms with Gasteiger partial charge in [-0.25, -0.2) is 9.37 Å². The molecule has 0 aliphatic rings. The van der Waals surface area contributed by atoms with E-state index in [1.54, 1.807) is 24.5 Å². The van der Waals surface area contributed by atoms with Crippen LogP contribution in [0.4, 0.5) is 9.52 Å². The Kier molecular flexibility index (Phi) is 4.52. The molecular formula is C17H15FN2O2S. The van der Waals surface area contributed by atoms with Crippen LogP contribution in [-0.4, -0.2) is 10.9 Å². The average molecular weight is 330 g/mol. The number of carbonyl (C=O) groups excluding carboxylic acids is 1. The lowest BCUT2D eigenvalue weighted by Gasteiger charge is -2.00. The molecule has 1 amide bonds. The Morgan fingerprint density at radius 1 is 1.30 bits per heavy atom. The second-order valence-corrected chi connectivity index (χ2v) is 6.26. The smallest absolute Gasteiger partial charge is 0.226 e. The van der Waals surface area contributed by atoms with Crippen molar-refractivity contribution in [2.45, 2.75) is 19.8 Å². The zero-order chi connectivity index (χ0) is 16.2. The lowest BCUT2D eigenvalue weighted by Crippen LogP contribution is -2.11. The van der Waals surface area contributed by atoms with Crippen LogP contribution in [0, 0.1) is 12.7 Å². The standard InChI is InChI=1S/C17H15FN2O2S/c1-11-16(12-4-6-13(18)7-5-12)20-17(23-11)19-15(21)9-8-14-3-2-10-22-14/h2-7,10H,8-9H2,1H3,(H,19,20,21). The molecule has 6 heteroatoms. The molecule has 2 aromatic heterocycles. The number of anilines is 1. The van der Waals surface area contributed by atoms with Gasteiger partial charge in [0.25, 0.3) is 0 Å². The van der Waals surface area contributed by atoms with Crippen molar-refractivity contribution in [3.8, 4) is 11.3 Å². The molecule has 0 unspecified atom stereocenters. The Morgan fingerprint density at radius 3 is 2.78 bits per heavy atom. The van der Waals surface area contributed by atoms with Gasteiger partial charge in [-0.2, -0.15) is 0 Å². The summed E-state index contributed by atoms with van der Waals surface area (Å²) in [5.41, 5.74) is 1.59. The molecule has 118 valence electrons. The van der Waals surface area contributed by atoms with Crippen molar-refractivity contribution in [3.05, 3.63) is 59.1 Å². The van der Waals surface area contributed by atoms with Crippen molar-refractivity contribution in [3.63, 3.8) is 0 Å². The third-order valence-corrected chi connectivity index (χ3v) is 4.23. The number of nitrogens with one attached hydrogen (secondary N) is 1. The number of benzene rings is 1. The van der Waals surface area contributed by atoms with Crippen LogP contribution < -0.4 is 5.32 Å². The zero-order valence-electron chi connectivity index (χ0n) is 12.5. The first-order chi connectivity index (χ1) is 11.1. The predicted octanol–water partition coefficient (Wildman–Crippen LogP) is 4.42. The van der Waals surface area contributed by atoms with Crippen molar-refractivity contribution >= 4 is 22.4 Å². The number of hydrogen-bond donors (Lipinski definition) is 1. The second-order valence-electron chi connectivity index (χ2n) is 5.06. The van der Waals surface area contributed by atoms with Gasteiger partial charge in [-0.3, -0.25) is 4.79 Å². The van der Waals surface area contributed by atoms with Gasteiger partial charge in [0.15, 0.2) is 5.13 Å². The molecule has 3 aromatic rings. The van der Waals surface area contributed by atoms with Crippen LogP contribution in [0.15, 0.2) is 47.1 Å². The molecule has 0 atom stereocenters. The average Bonchev–Trinajstić information content (AvgIpc) is 3.16. The maximum atomic E-state index is 13.0. The van der Waals surface area contributed by atoms with Crippen molar-refractivity contribution in [1.29, 1.82) is 0 Å². The van der Waals surface area contributed by atoms with Crippen LogP contribution in [0.3, 0.4) is 0 Å². The Labute approximate surface area is 137 Å². The number of hydrogen-bond acceptors (Lipinski definition) is 4. The summed E-state index contributed by atoms with van der Waals surface area (Å²) >= 11 is 1.40. The third-order valence-electron chi connectivity index (χ3n) is 3.34. The van der Waals surface area contributed by atoms with Crippen LogP contribution in [0.1, 0.15) is 17.1 Å². The largest absolute Gasteiger partial charge is 0.469 e. The summed E-state index contributed by atoms with van der Waals surface area (Å²) in [7, 11) is 0. The minimum Gasteiger partial charge on any atom is -0.469 e. The fourth-order valence-electron chi connectivity index (χ4n) is 2.20. The van der Waals surface area contributed by atoms with E-state index >= 15 is 0 Å². The minimum absolute atomic E-state index is 0.110. The van der Waals surface area contributed by atoms with Crippen LogP contribution in [0.5, 0.6) is 0 Å². The van der Waals surface area contributed by atoms with Crippen LogP contribution in [0.25, 0.3) is 11.3 Å². The van der Waals surface area contributed by atoms with E-state index in [0.29, 0.717) is 18.0 Å². The minimum atomic E-state index is -0.284. The summed E-state index contributed by atoms with van der Waals surface area (Å²) in [6, 6.07) is 9.80. The third kappa shape index (κ3) is 3.84. The molecule has 23 heavy (non-hydrogen) atoms. The van der Waals surface area contributed by atoms with Crippen molar-refractivity contribution in [2.75, 3.05) is 5.32 Å². The number of amides is 1. The molecule has 0 saturated heterocycles. The Bertz CT molecular complexity index is 795. The van der Waals surface area contributed by atoms with Crippen molar-refractivity contribution < 1.29 is 13.6 Å². The van der Waals surface area contributed by atoms with Crippen LogP contribution in [-0.2, 0) is 11.2 Å². The van der Waals surface area contributed by atoms with E-state index in [1.165, 1.54) is 23.5 Å². The highest BCUT2D eigenvalue weighted by Crippen LogP contribution is 2.30. The number of rotatable bonds is 5. The Morgan fingerprint density at radius 2 is 2.09 bits per heavy atom. The SMILES string of the molecule is Cc1sc(NC(=O)CCc2ccco2)nc1-c1ccc(F)cc1. The highest BCUT2D eigenvalue weighted by molar-refractivity contribution is 7.16. The van der Waals surface area contributed by atoms with Gasteiger partial charge < -0.3 is 9.73 Å². The van der Waals surface area contributed by atoms with E-state index in [4.69, 9.17) is 4.42 Å². The van der Waals surface area contributed by atoms with Crippen molar-refractivity contribution in [1.82, 2.24) is 4.98 Å². The number of halogens is 1. The number of thiazole rings is 1. The lowest BCUT2D eigenvalue weighted by molar-refractivity contribution is -0.116. The maximum Gasteiger partial charge on any atom is 0.226 e. The predicted molar refractivity (Wildman–Crippen MR) is 87.9 cm³/mol. The number of aryl methyl sites for hydroxylation is 2. The van der Waals surface area contributed by atoms with E-state index in [-0.39, 0.29) is 11.7 Å². The fraction of sp³-hybridized carbons (Fsp3) is 0.176. The molecule has 0 spiro atoms. The molecule has 0 bridgehead atoms. The normalized spacial score (nSPS) is 10.7. The molecular weight excluding hydrogens is 315 g/mol. The van der Waals surface area contributed by atoms with Gasteiger partial charge in [0.2, 0.25) is 5.91 Å². The van der Waals surface area contributed by atoms with Gasteiger partial charge in [0, 0.05) is 23.3 Å². The lowest BCUT2D eigenvalue weighted by atomic mass is 10.1. The summed E-state index contributed by atoms with van der Waals surface area (Å²) in [4.78, 5) is 17.4. The summed E-state index contributed by atoms with van der Waals surface area (Å²) in [6.45, 7) is 1.93. The highest BCUT2D eigenvalue weighted by Gasteiger charge is 2.12. The van der Waals surface area contributed by atoms with Crippen molar-refractivity contribution in [2.24, 2.45) is 0 Å². The second kappa shape index (κ2) is 6.75. The van der Waals surface area contributed by atoms with Gasteiger partial charge in [-0.05, 0) is 43.3 Å². The summed E-state index contributed by atoms with van der Waals surface area (Å²) in [5, 5.41) is 3.35. The summed E-state index contributed by atoms with van der Waals surface area (Å²) in [6.07, 6.45) is 2.47. The molecule has 0 fully saturated rings. The van der Waals surface area contributed by atoms with Gasteiger partial charge in [0.1, 0.15) is 11.6 Å². The molecule has 0 aliphatic carbocycles. The van der Waals surface area contributed by atoms with Gasteiger partial charge >= 0.3 is 0 Å². The van der Waals surface area contributed by atoms with Gasteiger partial charge in [-0.1, -0.05) is 0 Å². The van der Waals surface area contributed by atoms with E-state index in [2.05, 4.69) is 10.3 Å².